The van der Waals surface area contributed by atoms with Gasteiger partial charge in [-0.05, 0) is 77.9 Å². The Bertz CT molecular complexity index is 866. The van der Waals surface area contributed by atoms with E-state index in [1.54, 1.807) is 18.2 Å². The van der Waals surface area contributed by atoms with Gasteiger partial charge in [0.2, 0.25) is 15.9 Å². The van der Waals surface area contributed by atoms with Crippen LogP contribution in [0.1, 0.15) is 11.1 Å². The molecule has 0 saturated heterocycles. The van der Waals surface area contributed by atoms with E-state index in [1.807, 2.05) is 38.1 Å². The van der Waals surface area contributed by atoms with Crippen LogP contribution in [0.2, 0.25) is 0 Å². The van der Waals surface area contributed by atoms with Crippen molar-refractivity contribution in [2.24, 2.45) is 0 Å². The first kappa shape index (κ1) is 18.7. The van der Waals surface area contributed by atoms with Crippen molar-refractivity contribution in [3.05, 3.63) is 57.2 Å². The zero-order chi connectivity index (χ0) is 17.9. The quantitative estimate of drug-likeness (QED) is 0.700. The molecule has 2 aromatic rings. The second-order valence-corrected chi connectivity index (χ2v) is 8.77. The lowest BCUT2D eigenvalue weighted by atomic mass is 10.2. The number of rotatable bonds is 5. The van der Waals surface area contributed by atoms with Crippen molar-refractivity contribution < 1.29 is 13.2 Å². The number of hydrogen-bond donors (Lipinski definition) is 1. The van der Waals surface area contributed by atoms with Gasteiger partial charge in [-0.25, -0.2) is 8.42 Å². The monoisotopic (exact) mass is 458 g/mol. The number of nitrogens with zero attached hydrogens (tertiary/aromatic N) is 1. The maximum absolute atomic E-state index is 12.3. The molecular weight excluding hydrogens is 439 g/mol. The van der Waals surface area contributed by atoms with Gasteiger partial charge in [0.25, 0.3) is 0 Å². The average molecular weight is 458 g/mol. The van der Waals surface area contributed by atoms with Crippen molar-refractivity contribution in [2.45, 2.75) is 13.8 Å². The summed E-state index contributed by atoms with van der Waals surface area (Å²) in [5.41, 5.74) is 3.01. The van der Waals surface area contributed by atoms with Gasteiger partial charge in [0.1, 0.15) is 6.54 Å². The topological polar surface area (TPSA) is 66.5 Å². The Morgan fingerprint density at radius 2 is 1.88 bits per heavy atom. The third-order valence-corrected chi connectivity index (χ3v) is 5.25. The van der Waals surface area contributed by atoms with Crippen LogP contribution in [-0.4, -0.2) is 27.1 Å². The van der Waals surface area contributed by atoms with Crippen LogP contribution in [0, 0.1) is 17.4 Å². The molecule has 0 fully saturated rings. The molecule has 0 unspecified atom stereocenters. The van der Waals surface area contributed by atoms with Crippen LogP contribution in [0.15, 0.2) is 42.5 Å². The van der Waals surface area contributed by atoms with Gasteiger partial charge in [-0.1, -0.05) is 12.1 Å². The Morgan fingerprint density at radius 1 is 1.17 bits per heavy atom. The number of carbonyl (C=O) groups excluding carboxylic acids is 1. The molecule has 1 amide bonds. The maximum Gasteiger partial charge on any atom is 0.245 e. The van der Waals surface area contributed by atoms with E-state index in [2.05, 4.69) is 27.9 Å². The fraction of sp³-hybridized carbons (Fsp3) is 0.235. The highest BCUT2D eigenvalue weighted by atomic mass is 127. The van der Waals surface area contributed by atoms with Crippen LogP contribution in [0.25, 0.3) is 0 Å². The third-order valence-electron chi connectivity index (χ3n) is 3.44. The van der Waals surface area contributed by atoms with Crippen molar-refractivity contribution in [2.75, 3.05) is 22.4 Å². The molecule has 0 spiro atoms. The zero-order valence-corrected chi connectivity index (χ0v) is 16.7. The number of anilines is 2. The number of aryl methyl sites for hydroxylation is 2. The number of sulfonamides is 1. The van der Waals surface area contributed by atoms with Crippen molar-refractivity contribution in [3.63, 3.8) is 0 Å². The average Bonchev–Trinajstić information content (AvgIpc) is 2.46. The Hall–Kier alpha value is -1.61. The SMILES string of the molecule is Cc1cccc(N(CC(=O)Nc2ccc(I)cc2C)S(C)(=O)=O)c1. The molecule has 0 radical (unpaired) electrons. The fourth-order valence-electron chi connectivity index (χ4n) is 2.27. The lowest BCUT2D eigenvalue weighted by Crippen LogP contribution is -2.37. The largest absolute Gasteiger partial charge is 0.324 e. The van der Waals surface area contributed by atoms with Gasteiger partial charge in [0.15, 0.2) is 0 Å². The first-order chi connectivity index (χ1) is 11.2. The normalized spacial score (nSPS) is 11.2. The van der Waals surface area contributed by atoms with Gasteiger partial charge in [0, 0.05) is 9.26 Å². The van der Waals surface area contributed by atoms with E-state index in [0.717, 1.165) is 25.3 Å². The van der Waals surface area contributed by atoms with Crippen LogP contribution in [0.4, 0.5) is 11.4 Å². The summed E-state index contributed by atoms with van der Waals surface area (Å²) in [6.45, 7) is 3.50. The molecule has 0 heterocycles. The number of halogens is 1. The van der Waals surface area contributed by atoms with Crippen molar-refractivity contribution in [3.8, 4) is 0 Å². The molecule has 1 N–H and O–H groups in total. The highest BCUT2D eigenvalue weighted by Crippen LogP contribution is 2.20. The highest BCUT2D eigenvalue weighted by Gasteiger charge is 2.21. The minimum atomic E-state index is -3.57. The minimum Gasteiger partial charge on any atom is -0.324 e. The molecule has 2 aromatic carbocycles. The summed E-state index contributed by atoms with van der Waals surface area (Å²) in [6, 6.07) is 12.7. The summed E-state index contributed by atoms with van der Waals surface area (Å²) in [4.78, 5) is 12.3. The summed E-state index contributed by atoms with van der Waals surface area (Å²) in [7, 11) is -3.57. The molecule has 24 heavy (non-hydrogen) atoms. The van der Waals surface area contributed by atoms with Crippen LogP contribution >= 0.6 is 22.6 Å². The van der Waals surface area contributed by atoms with Gasteiger partial charge >= 0.3 is 0 Å². The van der Waals surface area contributed by atoms with E-state index >= 15 is 0 Å². The lowest BCUT2D eigenvalue weighted by Gasteiger charge is -2.22. The Morgan fingerprint density at radius 3 is 2.46 bits per heavy atom. The van der Waals surface area contributed by atoms with Crippen LogP contribution < -0.4 is 9.62 Å². The Labute approximate surface area is 156 Å². The van der Waals surface area contributed by atoms with E-state index in [1.165, 1.54) is 0 Å². The van der Waals surface area contributed by atoms with Gasteiger partial charge in [-0.2, -0.15) is 0 Å². The third kappa shape index (κ3) is 4.94. The van der Waals surface area contributed by atoms with Crippen LogP contribution in [0.5, 0.6) is 0 Å². The molecule has 0 saturated carbocycles. The molecule has 0 atom stereocenters. The van der Waals surface area contributed by atoms with E-state index < -0.39 is 10.0 Å². The first-order valence-corrected chi connectivity index (χ1v) is 10.2. The number of benzene rings is 2. The van der Waals surface area contributed by atoms with E-state index in [9.17, 15) is 13.2 Å². The maximum atomic E-state index is 12.3. The molecule has 2 rings (SSSR count). The molecule has 128 valence electrons. The summed E-state index contributed by atoms with van der Waals surface area (Å²) < 4.78 is 26.4. The van der Waals surface area contributed by atoms with E-state index in [4.69, 9.17) is 0 Å². The molecular formula is C17H19IN2O3S. The predicted octanol–water partition coefficient (Wildman–Crippen LogP) is 3.31. The second kappa shape index (κ2) is 7.52. The number of hydrogen-bond acceptors (Lipinski definition) is 3. The molecule has 0 aliphatic heterocycles. The number of carbonyl (C=O) groups is 1. The summed E-state index contributed by atoms with van der Waals surface area (Å²) in [6.07, 6.45) is 1.10. The second-order valence-electron chi connectivity index (χ2n) is 5.62. The first-order valence-electron chi connectivity index (χ1n) is 7.27. The van der Waals surface area contributed by atoms with Crippen molar-refractivity contribution in [1.82, 2.24) is 0 Å². The van der Waals surface area contributed by atoms with Gasteiger partial charge in [-0.15, -0.1) is 0 Å². The molecule has 5 nitrogen and oxygen atoms in total. The summed E-state index contributed by atoms with van der Waals surface area (Å²) >= 11 is 2.20. The van der Waals surface area contributed by atoms with Crippen molar-refractivity contribution >= 4 is 49.9 Å². The smallest absolute Gasteiger partial charge is 0.245 e. The van der Waals surface area contributed by atoms with Crippen molar-refractivity contribution in [1.29, 1.82) is 0 Å². The highest BCUT2D eigenvalue weighted by molar-refractivity contribution is 14.1. The molecule has 0 aliphatic rings. The van der Waals surface area contributed by atoms with E-state index in [-0.39, 0.29) is 12.5 Å². The Kier molecular flexibility index (Phi) is 5.87. The van der Waals surface area contributed by atoms with Gasteiger partial charge < -0.3 is 5.32 Å². The van der Waals surface area contributed by atoms with Gasteiger partial charge in [-0.3, -0.25) is 9.10 Å². The number of nitrogens with one attached hydrogen (secondary N) is 1. The fourth-order valence-corrected chi connectivity index (χ4v) is 3.77. The summed E-state index contributed by atoms with van der Waals surface area (Å²) in [5, 5.41) is 2.78. The predicted molar refractivity (Wildman–Crippen MR) is 106 cm³/mol. The van der Waals surface area contributed by atoms with Crippen LogP contribution in [-0.2, 0) is 14.8 Å². The molecule has 7 heteroatoms. The molecule has 0 aromatic heterocycles. The standard InChI is InChI=1S/C17H19IN2O3S/c1-12-5-4-6-15(9-12)20(24(3,22)23)11-17(21)19-16-8-7-14(18)10-13(16)2/h4-10H,11H2,1-3H3,(H,19,21). The number of amides is 1. The van der Waals surface area contributed by atoms with Crippen LogP contribution in [0.3, 0.4) is 0 Å². The zero-order valence-electron chi connectivity index (χ0n) is 13.7. The van der Waals surface area contributed by atoms with E-state index in [0.29, 0.717) is 11.4 Å². The molecule has 0 bridgehead atoms. The Balaban J connectivity index is 2.22. The summed E-state index contributed by atoms with van der Waals surface area (Å²) in [5.74, 6) is -0.383. The molecule has 0 aliphatic carbocycles. The lowest BCUT2D eigenvalue weighted by molar-refractivity contribution is -0.114. The van der Waals surface area contributed by atoms with Gasteiger partial charge in [0.05, 0.1) is 11.9 Å². The minimum absolute atomic E-state index is 0.270.